The Morgan fingerprint density at radius 2 is 1.59 bits per heavy atom. The van der Waals surface area contributed by atoms with E-state index >= 15 is 0 Å². The van der Waals surface area contributed by atoms with Crippen LogP contribution in [0.4, 0.5) is 0 Å². The molecule has 0 amide bonds. The fourth-order valence-corrected chi connectivity index (χ4v) is 2.45. The van der Waals surface area contributed by atoms with Crippen LogP contribution in [0.1, 0.15) is 34.1 Å². The molecule has 1 aliphatic heterocycles. The number of rotatable bonds is 7. The van der Waals surface area contributed by atoms with Gasteiger partial charge in [0.15, 0.2) is 0 Å². The normalized spacial score (nSPS) is 21.0. The van der Waals surface area contributed by atoms with Gasteiger partial charge in [-0.05, 0) is 25.4 Å². The van der Waals surface area contributed by atoms with Gasteiger partial charge in [0.25, 0.3) is 0 Å². The van der Waals surface area contributed by atoms with Crippen molar-refractivity contribution in [3.63, 3.8) is 0 Å². The Morgan fingerprint density at radius 1 is 1.00 bits per heavy atom. The molecule has 0 radical (unpaired) electrons. The number of nitrogens with zero attached hydrogens (tertiary/aromatic N) is 2. The number of hydrogen-bond acceptors (Lipinski definition) is 3. The van der Waals surface area contributed by atoms with Gasteiger partial charge >= 0.3 is 0 Å². The molecule has 1 saturated heterocycles. The van der Waals surface area contributed by atoms with Crippen LogP contribution in [0.5, 0.6) is 0 Å². The van der Waals surface area contributed by atoms with Gasteiger partial charge in [-0.15, -0.1) is 0 Å². The molecule has 1 fully saturated rings. The first kappa shape index (κ1) is 14.9. The molecule has 0 bridgehead atoms. The minimum absolute atomic E-state index is 0.610. The second kappa shape index (κ2) is 8.06. The SMILES string of the molecule is CCCN1CCN(CC(C)CNC(C)C)CC1. The van der Waals surface area contributed by atoms with Crippen molar-refractivity contribution in [3.8, 4) is 0 Å². The molecule has 102 valence electrons. The maximum atomic E-state index is 3.53. The van der Waals surface area contributed by atoms with E-state index in [1.54, 1.807) is 0 Å². The van der Waals surface area contributed by atoms with Crippen molar-refractivity contribution >= 4 is 0 Å². The largest absolute Gasteiger partial charge is 0.314 e. The molecule has 0 aromatic heterocycles. The Bertz CT molecular complexity index is 186. The van der Waals surface area contributed by atoms with Gasteiger partial charge in [-0.25, -0.2) is 0 Å². The van der Waals surface area contributed by atoms with E-state index in [9.17, 15) is 0 Å². The highest BCUT2D eigenvalue weighted by Gasteiger charge is 2.17. The third kappa shape index (κ3) is 6.39. The quantitative estimate of drug-likeness (QED) is 0.731. The Balaban J connectivity index is 2.12. The standard InChI is InChI=1S/C14H31N3/c1-5-6-16-7-9-17(10-8-16)12-14(4)11-15-13(2)3/h13-15H,5-12H2,1-4H3. The molecule has 17 heavy (non-hydrogen) atoms. The summed E-state index contributed by atoms with van der Waals surface area (Å²) in [6.45, 7) is 17.8. The lowest BCUT2D eigenvalue weighted by Gasteiger charge is -2.35. The lowest BCUT2D eigenvalue weighted by Crippen LogP contribution is -2.48. The monoisotopic (exact) mass is 241 g/mol. The third-order valence-electron chi connectivity index (χ3n) is 3.45. The van der Waals surface area contributed by atoms with Gasteiger partial charge < -0.3 is 15.1 Å². The molecule has 3 nitrogen and oxygen atoms in total. The van der Waals surface area contributed by atoms with Gasteiger partial charge in [0.05, 0.1) is 0 Å². The fourth-order valence-electron chi connectivity index (χ4n) is 2.45. The van der Waals surface area contributed by atoms with Crippen LogP contribution in [-0.4, -0.2) is 61.7 Å². The highest BCUT2D eigenvalue weighted by molar-refractivity contribution is 4.74. The first-order chi connectivity index (χ1) is 8.11. The summed E-state index contributed by atoms with van der Waals surface area (Å²) < 4.78 is 0. The zero-order valence-electron chi connectivity index (χ0n) is 12.2. The van der Waals surface area contributed by atoms with E-state index in [0.29, 0.717) is 6.04 Å². The van der Waals surface area contributed by atoms with Gasteiger partial charge in [0.2, 0.25) is 0 Å². The summed E-state index contributed by atoms with van der Waals surface area (Å²) in [6, 6.07) is 0.610. The van der Waals surface area contributed by atoms with Gasteiger partial charge in [-0.2, -0.15) is 0 Å². The van der Waals surface area contributed by atoms with Crippen LogP contribution in [0, 0.1) is 5.92 Å². The Hall–Kier alpha value is -0.120. The lowest BCUT2D eigenvalue weighted by atomic mass is 10.1. The molecule has 0 aromatic carbocycles. The zero-order chi connectivity index (χ0) is 12.7. The Kier molecular flexibility index (Phi) is 7.09. The minimum Gasteiger partial charge on any atom is -0.314 e. The Labute approximate surface area is 108 Å². The van der Waals surface area contributed by atoms with Crippen LogP contribution >= 0.6 is 0 Å². The predicted molar refractivity (Wildman–Crippen MR) is 75.5 cm³/mol. The minimum atomic E-state index is 0.610. The first-order valence-corrected chi connectivity index (χ1v) is 7.30. The molecule has 1 heterocycles. The third-order valence-corrected chi connectivity index (χ3v) is 3.45. The topological polar surface area (TPSA) is 18.5 Å². The first-order valence-electron chi connectivity index (χ1n) is 7.30. The molecule has 3 heteroatoms. The van der Waals surface area contributed by atoms with E-state index in [-0.39, 0.29) is 0 Å². The van der Waals surface area contributed by atoms with Crippen molar-refractivity contribution in [3.05, 3.63) is 0 Å². The summed E-state index contributed by atoms with van der Waals surface area (Å²) in [4.78, 5) is 5.21. The number of nitrogens with one attached hydrogen (secondary N) is 1. The lowest BCUT2D eigenvalue weighted by molar-refractivity contribution is 0.119. The van der Waals surface area contributed by atoms with E-state index in [4.69, 9.17) is 0 Å². The molecule has 1 atom stereocenters. The number of hydrogen-bond donors (Lipinski definition) is 1. The van der Waals surface area contributed by atoms with E-state index in [1.807, 2.05) is 0 Å². The molecule has 0 spiro atoms. The van der Waals surface area contributed by atoms with Gasteiger partial charge in [-0.3, -0.25) is 0 Å². The molecule has 1 aliphatic rings. The molecule has 0 aromatic rings. The van der Waals surface area contributed by atoms with Gasteiger partial charge in [0.1, 0.15) is 0 Å². The van der Waals surface area contributed by atoms with Crippen molar-refractivity contribution in [2.75, 3.05) is 45.8 Å². The maximum absolute atomic E-state index is 3.53. The molecular weight excluding hydrogens is 210 g/mol. The van der Waals surface area contributed by atoms with Gasteiger partial charge in [-0.1, -0.05) is 27.7 Å². The van der Waals surface area contributed by atoms with E-state index in [2.05, 4.69) is 42.8 Å². The predicted octanol–water partition coefficient (Wildman–Crippen LogP) is 1.65. The van der Waals surface area contributed by atoms with Crippen molar-refractivity contribution in [2.45, 2.75) is 40.2 Å². The highest BCUT2D eigenvalue weighted by atomic mass is 15.3. The maximum Gasteiger partial charge on any atom is 0.0110 e. The zero-order valence-corrected chi connectivity index (χ0v) is 12.2. The average Bonchev–Trinajstić information content (AvgIpc) is 2.29. The molecule has 1 unspecified atom stereocenters. The van der Waals surface area contributed by atoms with Crippen molar-refractivity contribution < 1.29 is 0 Å². The molecule has 1 N–H and O–H groups in total. The van der Waals surface area contributed by atoms with Crippen LogP contribution in [0.15, 0.2) is 0 Å². The molecule has 1 rings (SSSR count). The van der Waals surface area contributed by atoms with E-state index < -0.39 is 0 Å². The van der Waals surface area contributed by atoms with Crippen LogP contribution in [0.2, 0.25) is 0 Å². The fraction of sp³-hybridized carbons (Fsp3) is 1.00. The van der Waals surface area contributed by atoms with Crippen molar-refractivity contribution in [2.24, 2.45) is 5.92 Å². The molecule has 0 aliphatic carbocycles. The van der Waals surface area contributed by atoms with Crippen LogP contribution in [0.3, 0.4) is 0 Å². The van der Waals surface area contributed by atoms with Crippen LogP contribution < -0.4 is 5.32 Å². The summed E-state index contributed by atoms with van der Waals surface area (Å²) >= 11 is 0. The van der Waals surface area contributed by atoms with Crippen LogP contribution in [-0.2, 0) is 0 Å². The molecule has 0 saturated carbocycles. The average molecular weight is 241 g/mol. The van der Waals surface area contributed by atoms with Gasteiger partial charge in [0, 0.05) is 38.8 Å². The second-order valence-corrected chi connectivity index (χ2v) is 5.81. The molecular formula is C14H31N3. The summed E-state index contributed by atoms with van der Waals surface area (Å²) in [6.07, 6.45) is 1.29. The summed E-state index contributed by atoms with van der Waals surface area (Å²) in [5, 5.41) is 3.53. The van der Waals surface area contributed by atoms with Crippen molar-refractivity contribution in [1.29, 1.82) is 0 Å². The van der Waals surface area contributed by atoms with E-state index in [1.165, 1.54) is 45.7 Å². The summed E-state index contributed by atoms with van der Waals surface area (Å²) in [7, 11) is 0. The smallest absolute Gasteiger partial charge is 0.0110 e. The number of piperazine rings is 1. The second-order valence-electron chi connectivity index (χ2n) is 5.81. The Morgan fingerprint density at radius 3 is 2.12 bits per heavy atom. The van der Waals surface area contributed by atoms with E-state index in [0.717, 1.165) is 12.5 Å². The summed E-state index contributed by atoms with van der Waals surface area (Å²) in [5.41, 5.74) is 0. The van der Waals surface area contributed by atoms with Crippen molar-refractivity contribution in [1.82, 2.24) is 15.1 Å². The summed E-state index contributed by atoms with van der Waals surface area (Å²) in [5.74, 6) is 0.759. The van der Waals surface area contributed by atoms with Crippen LogP contribution in [0.25, 0.3) is 0 Å². The highest BCUT2D eigenvalue weighted by Crippen LogP contribution is 2.05.